The summed E-state index contributed by atoms with van der Waals surface area (Å²) in [6.07, 6.45) is 0.694. The molecule has 5 heteroatoms. The van der Waals surface area contributed by atoms with E-state index in [-0.39, 0.29) is 12.5 Å². The summed E-state index contributed by atoms with van der Waals surface area (Å²) in [5, 5.41) is 23.2. The van der Waals surface area contributed by atoms with Gasteiger partial charge in [-0.05, 0) is 96.8 Å². The van der Waals surface area contributed by atoms with Crippen molar-refractivity contribution in [2.45, 2.75) is 47.0 Å². The number of carboxylic acid groups (broad SMARTS) is 1. The van der Waals surface area contributed by atoms with Gasteiger partial charge in [-0.15, -0.1) is 5.92 Å². The van der Waals surface area contributed by atoms with Crippen LogP contribution in [0.2, 0.25) is 0 Å². The summed E-state index contributed by atoms with van der Waals surface area (Å²) >= 11 is 0. The van der Waals surface area contributed by atoms with E-state index < -0.39 is 5.97 Å². The van der Waals surface area contributed by atoms with Gasteiger partial charge in [0.25, 0.3) is 0 Å². The highest BCUT2D eigenvalue weighted by Gasteiger charge is 2.16. The first-order valence-electron chi connectivity index (χ1n) is 11.7. The molecule has 0 amide bonds. The van der Waals surface area contributed by atoms with Crippen molar-refractivity contribution in [3.05, 3.63) is 76.3 Å². The molecule has 3 aromatic carbocycles. The Morgan fingerprint density at radius 3 is 2.29 bits per heavy atom. The zero-order chi connectivity index (χ0) is 25.5. The molecule has 0 aliphatic carbocycles. The molecule has 0 bridgehead atoms. The Morgan fingerprint density at radius 1 is 1.06 bits per heavy atom. The van der Waals surface area contributed by atoms with Gasteiger partial charge < -0.3 is 20.3 Å². The highest BCUT2D eigenvalue weighted by Crippen LogP contribution is 2.38. The standard InChI is InChI=1S/C30H33NO4/c1-6-7-12-31-24-10-8-23(9-11-24)28-17-22(15-26(19(2)3)30(28)34)16-27-20(4)13-25(14-21(27)5)35-18-29(32)33/h8-11,13-15,17,19,31,34H,12,16,18H2,1-5H3,(H,32,33). The molecule has 0 radical (unpaired) electrons. The highest BCUT2D eigenvalue weighted by atomic mass is 16.5. The van der Waals surface area contributed by atoms with Gasteiger partial charge in [-0.25, -0.2) is 4.79 Å². The Kier molecular flexibility index (Phi) is 8.43. The molecular formula is C30H33NO4. The van der Waals surface area contributed by atoms with E-state index in [2.05, 4.69) is 43.1 Å². The lowest BCUT2D eigenvalue weighted by Crippen LogP contribution is -2.10. The number of benzene rings is 3. The summed E-state index contributed by atoms with van der Waals surface area (Å²) in [5.74, 6) is 5.89. The number of ether oxygens (including phenoxy) is 1. The van der Waals surface area contributed by atoms with Gasteiger partial charge in [0.1, 0.15) is 11.5 Å². The van der Waals surface area contributed by atoms with E-state index in [0.29, 0.717) is 24.5 Å². The van der Waals surface area contributed by atoms with E-state index in [1.54, 1.807) is 0 Å². The molecule has 0 saturated carbocycles. The summed E-state index contributed by atoms with van der Waals surface area (Å²) in [7, 11) is 0. The normalized spacial score (nSPS) is 10.6. The van der Waals surface area contributed by atoms with Gasteiger partial charge in [-0.2, -0.15) is 0 Å². The maximum Gasteiger partial charge on any atom is 0.341 e. The average molecular weight is 472 g/mol. The summed E-state index contributed by atoms with van der Waals surface area (Å²) < 4.78 is 5.37. The van der Waals surface area contributed by atoms with E-state index in [4.69, 9.17) is 9.84 Å². The molecular weight excluding hydrogens is 438 g/mol. The minimum absolute atomic E-state index is 0.163. The molecule has 0 heterocycles. The lowest BCUT2D eigenvalue weighted by Gasteiger charge is -2.18. The Hall–Kier alpha value is -3.91. The fraction of sp³-hybridized carbons (Fsp3) is 0.300. The van der Waals surface area contributed by atoms with Crippen molar-refractivity contribution in [1.82, 2.24) is 0 Å². The number of aryl methyl sites for hydroxylation is 2. The molecule has 182 valence electrons. The third-order valence-electron chi connectivity index (χ3n) is 5.99. The van der Waals surface area contributed by atoms with Crippen molar-refractivity contribution in [1.29, 1.82) is 0 Å². The van der Waals surface area contributed by atoms with Crippen LogP contribution in [-0.4, -0.2) is 29.3 Å². The Labute approximate surface area is 207 Å². The first kappa shape index (κ1) is 25.7. The van der Waals surface area contributed by atoms with E-state index >= 15 is 0 Å². The minimum Gasteiger partial charge on any atom is -0.507 e. The van der Waals surface area contributed by atoms with Crippen molar-refractivity contribution >= 4 is 11.7 Å². The van der Waals surface area contributed by atoms with Gasteiger partial charge in [-0.3, -0.25) is 0 Å². The van der Waals surface area contributed by atoms with E-state index in [1.807, 2.05) is 57.2 Å². The van der Waals surface area contributed by atoms with Crippen LogP contribution >= 0.6 is 0 Å². The predicted molar refractivity (Wildman–Crippen MR) is 141 cm³/mol. The Bertz CT molecular complexity index is 1240. The van der Waals surface area contributed by atoms with E-state index in [9.17, 15) is 9.90 Å². The third-order valence-corrected chi connectivity index (χ3v) is 5.99. The van der Waals surface area contributed by atoms with Crippen LogP contribution in [0.3, 0.4) is 0 Å². The molecule has 0 spiro atoms. The molecule has 0 aromatic heterocycles. The molecule has 3 aromatic rings. The third kappa shape index (κ3) is 6.58. The average Bonchev–Trinajstić information content (AvgIpc) is 2.81. The van der Waals surface area contributed by atoms with Gasteiger partial charge in [-0.1, -0.05) is 38.0 Å². The monoisotopic (exact) mass is 471 g/mol. The minimum atomic E-state index is -0.999. The maximum atomic E-state index is 11.1. The van der Waals surface area contributed by atoms with Crippen LogP contribution in [0.4, 0.5) is 5.69 Å². The van der Waals surface area contributed by atoms with Crippen molar-refractivity contribution in [3.63, 3.8) is 0 Å². The number of aliphatic carboxylic acids is 1. The first-order valence-corrected chi connectivity index (χ1v) is 11.7. The largest absolute Gasteiger partial charge is 0.507 e. The van der Waals surface area contributed by atoms with Crippen LogP contribution in [0.25, 0.3) is 11.1 Å². The molecule has 3 rings (SSSR count). The van der Waals surface area contributed by atoms with Gasteiger partial charge in [0.2, 0.25) is 0 Å². The van der Waals surface area contributed by atoms with Crippen LogP contribution in [0, 0.1) is 25.7 Å². The summed E-state index contributed by atoms with van der Waals surface area (Å²) in [6.45, 7) is 10.2. The summed E-state index contributed by atoms with van der Waals surface area (Å²) in [5.41, 5.74) is 7.99. The van der Waals surface area contributed by atoms with Crippen molar-refractivity contribution < 1.29 is 19.7 Å². The number of phenols is 1. The van der Waals surface area contributed by atoms with Gasteiger partial charge >= 0.3 is 5.97 Å². The van der Waals surface area contributed by atoms with Gasteiger partial charge in [0.05, 0.1) is 6.54 Å². The fourth-order valence-corrected chi connectivity index (χ4v) is 4.15. The molecule has 0 aliphatic rings. The number of carbonyl (C=O) groups is 1. The van der Waals surface area contributed by atoms with Gasteiger partial charge in [0.15, 0.2) is 6.61 Å². The highest BCUT2D eigenvalue weighted by molar-refractivity contribution is 5.74. The number of phenolic OH excluding ortho intramolecular Hbond substituents is 1. The van der Waals surface area contributed by atoms with Crippen LogP contribution in [0.15, 0.2) is 48.5 Å². The second kappa shape index (κ2) is 11.5. The fourth-order valence-electron chi connectivity index (χ4n) is 4.15. The Morgan fingerprint density at radius 2 is 1.71 bits per heavy atom. The number of hydrogen-bond acceptors (Lipinski definition) is 4. The quantitative estimate of drug-likeness (QED) is 0.320. The Balaban J connectivity index is 1.95. The SMILES string of the molecule is CC#CCNc1ccc(-c2cc(Cc3c(C)cc(OCC(=O)O)cc3C)cc(C(C)C)c2O)cc1. The lowest BCUT2D eigenvalue weighted by atomic mass is 9.89. The smallest absolute Gasteiger partial charge is 0.341 e. The van der Waals surface area contributed by atoms with Crippen molar-refractivity contribution in [2.24, 2.45) is 0 Å². The molecule has 0 unspecified atom stereocenters. The molecule has 0 atom stereocenters. The molecule has 3 N–H and O–H groups in total. The number of aromatic hydroxyl groups is 1. The van der Waals surface area contributed by atoms with E-state index in [1.165, 1.54) is 0 Å². The van der Waals surface area contributed by atoms with Crippen LogP contribution in [-0.2, 0) is 11.2 Å². The number of rotatable bonds is 9. The van der Waals surface area contributed by atoms with Crippen molar-refractivity contribution in [3.8, 4) is 34.5 Å². The van der Waals surface area contributed by atoms with Crippen LogP contribution in [0.1, 0.15) is 54.5 Å². The molecule has 5 nitrogen and oxygen atoms in total. The lowest BCUT2D eigenvalue weighted by molar-refractivity contribution is -0.139. The van der Waals surface area contributed by atoms with Gasteiger partial charge in [0, 0.05) is 11.3 Å². The topological polar surface area (TPSA) is 78.8 Å². The predicted octanol–water partition coefficient (Wildman–Crippen LogP) is 6.29. The number of anilines is 1. The molecule has 0 aliphatic heterocycles. The van der Waals surface area contributed by atoms with E-state index in [0.717, 1.165) is 44.6 Å². The molecule has 0 fully saturated rings. The number of nitrogens with one attached hydrogen (secondary N) is 1. The zero-order valence-electron chi connectivity index (χ0n) is 21.0. The first-order chi connectivity index (χ1) is 16.7. The van der Waals surface area contributed by atoms with Crippen LogP contribution < -0.4 is 10.1 Å². The molecule has 0 saturated heterocycles. The van der Waals surface area contributed by atoms with Crippen molar-refractivity contribution in [2.75, 3.05) is 18.5 Å². The second-order valence-electron chi connectivity index (χ2n) is 8.99. The molecule has 35 heavy (non-hydrogen) atoms. The number of hydrogen-bond donors (Lipinski definition) is 3. The number of carboxylic acids is 1. The maximum absolute atomic E-state index is 11.1. The summed E-state index contributed by atoms with van der Waals surface area (Å²) in [4.78, 5) is 10.8. The van der Waals surface area contributed by atoms with Crippen LogP contribution in [0.5, 0.6) is 11.5 Å². The second-order valence-corrected chi connectivity index (χ2v) is 8.99. The zero-order valence-corrected chi connectivity index (χ0v) is 21.0. The summed E-state index contributed by atoms with van der Waals surface area (Å²) in [6, 6.07) is 15.9.